The van der Waals surface area contributed by atoms with Gasteiger partial charge in [0.15, 0.2) is 0 Å². The van der Waals surface area contributed by atoms with Gasteiger partial charge in [-0.25, -0.2) is 9.53 Å². The molecule has 0 N–H and O–H groups in total. The van der Waals surface area contributed by atoms with Crippen LogP contribution in [0.1, 0.15) is 33.3 Å². The quantitative estimate of drug-likeness (QED) is 0.690. The Hall–Kier alpha value is -2.88. The lowest BCUT2D eigenvalue weighted by molar-refractivity contribution is -0.114. The van der Waals surface area contributed by atoms with E-state index in [1.165, 1.54) is 19.4 Å². The molecule has 0 radical (unpaired) electrons. The number of Topliss-reactive ketones (excluding diaryl/α,β-unsaturated/α-hetero) is 1. The van der Waals surface area contributed by atoms with Gasteiger partial charge in [-0.1, -0.05) is 55.1 Å². The molecule has 0 spiro atoms. The van der Waals surface area contributed by atoms with Gasteiger partial charge in [-0.2, -0.15) is 0 Å². The fraction of sp³-hybridized carbons (Fsp3) is 0.273. The number of benzene rings is 1. The third-order valence-electron chi connectivity index (χ3n) is 3.50. The third kappa shape index (κ3) is 6.93. The van der Waals surface area contributed by atoms with Crippen molar-refractivity contribution in [3.05, 3.63) is 82.9 Å². The number of aromatic nitrogens is 1. The number of rotatable bonds is 6. The van der Waals surface area contributed by atoms with E-state index in [0.29, 0.717) is 12.1 Å². The van der Waals surface area contributed by atoms with E-state index >= 15 is 0 Å². The monoisotopic (exact) mass is 353 g/mol. The third-order valence-corrected chi connectivity index (χ3v) is 3.50. The summed E-state index contributed by atoms with van der Waals surface area (Å²) in [5.41, 5.74) is 3.49. The van der Waals surface area contributed by atoms with E-state index < -0.39 is 0 Å². The number of carbonyl (C=O) groups is 1. The molecule has 4 heteroatoms. The van der Waals surface area contributed by atoms with Crippen molar-refractivity contribution in [3.8, 4) is 11.1 Å². The van der Waals surface area contributed by atoms with E-state index in [9.17, 15) is 9.59 Å². The van der Waals surface area contributed by atoms with Crippen molar-refractivity contribution in [1.29, 1.82) is 0 Å². The molecule has 0 aliphatic heterocycles. The zero-order chi connectivity index (χ0) is 19.5. The van der Waals surface area contributed by atoms with Gasteiger partial charge in [-0.05, 0) is 50.8 Å². The molecule has 2 aromatic rings. The maximum atomic E-state index is 11.8. The summed E-state index contributed by atoms with van der Waals surface area (Å²) in [6.45, 7) is 11.4. The second kappa shape index (κ2) is 10.9. The Balaban J connectivity index is 0.000000765. The van der Waals surface area contributed by atoms with Crippen molar-refractivity contribution < 1.29 is 9.32 Å². The molecule has 0 fully saturated rings. The molecular formula is C22H27NO3. The van der Waals surface area contributed by atoms with Crippen LogP contribution in [0.2, 0.25) is 0 Å². The Bertz CT molecular complexity index is 829. The van der Waals surface area contributed by atoms with Crippen molar-refractivity contribution in [2.75, 3.05) is 0 Å². The Morgan fingerprint density at radius 2 is 1.85 bits per heavy atom. The lowest BCUT2D eigenvalue weighted by Crippen LogP contribution is -1.97. The van der Waals surface area contributed by atoms with Gasteiger partial charge in [0.25, 0.3) is 0 Å². The van der Waals surface area contributed by atoms with Gasteiger partial charge in [0.2, 0.25) is 0 Å². The molecule has 0 saturated carbocycles. The molecule has 0 bridgehead atoms. The Kier molecular flexibility index (Phi) is 8.85. The smallest absolute Gasteiger partial charge is 0.336 e. The van der Waals surface area contributed by atoms with Crippen LogP contribution in [0, 0.1) is 0 Å². The van der Waals surface area contributed by atoms with Crippen molar-refractivity contribution in [2.24, 2.45) is 0 Å². The van der Waals surface area contributed by atoms with E-state index in [0.717, 1.165) is 17.6 Å². The van der Waals surface area contributed by atoms with Crippen LogP contribution in [0.4, 0.5) is 0 Å². The molecule has 0 aliphatic rings. The molecule has 138 valence electrons. The molecule has 2 rings (SSSR count). The number of hydrogen-bond acceptors (Lipinski definition) is 3. The van der Waals surface area contributed by atoms with Gasteiger partial charge in [0.05, 0.1) is 18.3 Å². The van der Waals surface area contributed by atoms with Gasteiger partial charge < -0.3 is 9.32 Å². The fourth-order valence-electron chi connectivity index (χ4n) is 2.16. The average Bonchev–Trinajstić information content (AvgIpc) is 3.00. The summed E-state index contributed by atoms with van der Waals surface area (Å²) in [4.78, 5) is 21.2. The van der Waals surface area contributed by atoms with Crippen molar-refractivity contribution in [1.82, 2.24) is 4.74 Å². The zero-order valence-corrected chi connectivity index (χ0v) is 16.0. The number of carbonyl (C=O) groups excluding carboxylic acids is 1. The van der Waals surface area contributed by atoms with Crippen LogP contribution >= 0.6 is 0 Å². The zero-order valence-electron chi connectivity index (χ0n) is 16.0. The first kappa shape index (κ1) is 21.2. The molecule has 0 unspecified atom stereocenters. The Morgan fingerprint density at radius 3 is 2.31 bits per heavy atom. The summed E-state index contributed by atoms with van der Waals surface area (Å²) in [6.07, 6.45) is 10.6. The summed E-state index contributed by atoms with van der Waals surface area (Å²) in [5.74, 6) is 0.167. The first-order valence-electron chi connectivity index (χ1n) is 8.63. The van der Waals surface area contributed by atoms with E-state index in [4.69, 9.17) is 4.52 Å². The van der Waals surface area contributed by atoms with Gasteiger partial charge >= 0.3 is 5.63 Å². The van der Waals surface area contributed by atoms with Crippen LogP contribution in [-0.2, 0) is 17.8 Å². The second-order valence-electron chi connectivity index (χ2n) is 5.86. The number of aryl methyl sites for hydroxylation is 1. The topological polar surface area (TPSA) is 52.2 Å². The molecular weight excluding hydrogens is 326 g/mol. The van der Waals surface area contributed by atoms with Crippen LogP contribution < -0.4 is 5.63 Å². The first-order chi connectivity index (χ1) is 12.4. The molecule has 0 atom stereocenters. The van der Waals surface area contributed by atoms with E-state index in [-0.39, 0.29) is 11.4 Å². The maximum absolute atomic E-state index is 11.8. The van der Waals surface area contributed by atoms with Gasteiger partial charge in [-0.3, -0.25) is 0 Å². The highest BCUT2D eigenvalue weighted by Gasteiger charge is 2.08. The summed E-state index contributed by atoms with van der Waals surface area (Å²) in [5, 5.41) is 0. The highest BCUT2D eigenvalue weighted by Crippen LogP contribution is 2.17. The minimum absolute atomic E-state index is 0.167. The van der Waals surface area contributed by atoms with Crippen LogP contribution in [-0.4, -0.2) is 10.5 Å². The molecule has 1 aromatic heterocycles. The molecule has 0 aliphatic carbocycles. The standard InChI is InChI=1S/C19H21NO2.C3H6O/c1-4-15(5-2)8-7-9-16-10-12-17(13-11-16)18-14-20(6-3)22-19(18)21;1-3(2)4/h4-5,7-8,10-14H,1,6,9H2,2-3H3;1-2H3/b8-7-,15-5-;. The molecule has 4 nitrogen and oxygen atoms in total. The Morgan fingerprint density at radius 1 is 1.23 bits per heavy atom. The van der Waals surface area contributed by atoms with Crippen molar-refractivity contribution in [3.63, 3.8) is 0 Å². The number of ketones is 1. The predicted octanol–water partition coefficient (Wildman–Crippen LogP) is 4.95. The van der Waals surface area contributed by atoms with Gasteiger partial charge in [0.1, 0.15) is 5.78 Å². The highest BCUT2D eigenvalue weighted by molar-refractivity contribution is 5.72. The van der Waals surface area contributed by atoms with Gasteiger partial charge in [-0.15, -0.1) is 0 Å². The molecule has 26 heavy (non-hydrogen) atoms. The second-order valence-corrected chi connectivity index (χ2v) is 5.86. The van der Waals surface area contributed by atoms with E-state index in [1.807, 2.05) is 50.3 Å². The number of allylic oxidation sites excluding steroid dienone is 5. The SMILES string of the molecule is C=CC(/C=C\Cc1ccc(-c2cn(CC)oc2=O)cc1)=C/C.CC(C)=O. The van der Waals surface area contributed by atoms with Crippen molar-refractivity contribution >= 4 is 5.78 Å². The summed E-state index contributed by atoms with van der Waals surface area (Å²) < 4.78 is 6.64. The number of nitrogens with zero attached hydrogens (tertiary/aromatic N) is 1. The minimum Gasteiger partial charge on any atom is -0.336 e. The van der Waals surface area contributed by atoms with Crippen LogP contribution in [0.25, 0.3) is 11.1 Å². The lowest BCUT2D eigenvalue weighted by atomic mass is 10.0. The Labute approximate surface area is 155 Å². The van der Waals surface area contributed by atoms with Crippen LogP contribution in [0.5, 0.6) is 0 Å². The van der Waals surface area contributed by atoms with Crippen molar-refractivity contribution in [2.45, 2.75) is 40.7 Å². The lowest BCUT2D eigenvalue weighted by Gasteiger charge is -1.99. The predicted molar refractivity (Wildman–Crippen MR) is 107 cm³/mol. The molecule has 0 saturated heterocycles. The highest BCUT2D eigenvalue weighted by atomic mass is 16.5. The largest absolute Gasteiger partial charge is 0.365 e. The van der Waals surface area contributed by atoms with E-state index in [1.54, 1.807) is 10.9 Å². The normalized spacial score (nSPS) is 11.2. The maximum Gasteiger partial charge on any atom is 0.365 e. The summed E-state index contributed by atoms with van der Waals surface area (Å²) >= 11 is 0. The molecule has 1 aromatic carbocycles. The number of hydrogen-bond donors (Lipinski definition) is 0. The first-order valence-corrected chi connectivity index (χ1v) is 8.63. The van der Waals surface area contributed by atoms with Crippen LogP contribution in [0.3, 0.4) is 0 Å². The van der Waals surface area contributed by atoms with Gasteiger partial charge in [0, 0.05) is 0 Å². The van der Waals surface area contributed by atoms with Crippen LogP contribution in [0.15, 0.2) is 76.2 Å². The molecule has 1 heterocycles. The molecule has 0 amide bonds. The summed E-state index contributed by atoms with van der Waals surface area (Å²) in [6, 6.07) is 7.98. The minimum atomic E-state index is -0.293. The summed E-state index contributed by atoms with van der Waals surface area (Å²) in [7, 11) is 0. The average molecular weight is 353 g/mol. The van der Waals surface area contributed by atoms with E-state index in [2.05, 4.69) is 18.7 Å². The fourth-order valence-corrected chi connectivity index (χ4v) is 2.16.